The Morgan fingerprint density at radius 2 is 1.64 bits per heavy atom. The van der Waals surface area contributed by atoms with E-state index in [0.717, 1.165) is 59.2 Å². The molecule has 0 radical (unpaired) electrons. The van der Waals surface area contributed by atoms with Crippen molar-refractivity contribution in [1.82, 2.24) is 18.7 Å². The van der Waals surface area contributed by atoms with E-state index in [2.05, 4.69) is 22.8 Å². The zero-order valence-corrected chi connectivity index (χ0v) is 19.2. The van der Waals surface area contributed by atoms with Crippen LogP contribution >= 0.6 is 0 Å². The van der Waals surface area contributed by atoms with Gasteiger partial charge in [0.05, 0.1) is 28.7 Å². The molecular formula is C27H29FN4O. The fourth-order valence-corrected chi connectivity index (χ4v) is 5.62. The van der Waals surface area contributed by atoms with Gasteiger partial charge in [0.1, 0.15) is 5.82 Å². The molecule has 0 aliphatic heterocycles. The van der Waals surface area contributed by atoms with Crippen LogP contribution in [0, 0.1) is 12.7 Å². The van der Waals surface area contributed by atoms with E-state index in [1.165, 1.54) is 25.3 Å². The minimum Gasteiger partial charge on any atom is -0.327 e. The molecule has 0 atom stereocenters. The molecule has 0 amide bonds. The Hall–Kier alpha value is -3.15. The van der Waals surface area contributed by atoms with E-state index < -0.39 is 0 Å². The van der Waals surface area contributed by atoms with Crippen LogP contribution in [0.5, 0.6) is 0 Å². The molecule has 0 N–H and O–H groups in total. The monoisotopic (exact) mass is 444 g/mol. The standard InChI is InChI=1S/C27H29FN4O/c1-17-14-18(10-12-22(17)28)25-26(31(16-29-25)20-6-3-4-7-20)19-11-13-23-24(15-19)30(2)27(33)32(23)21-8-5-9-21/h10-16,20-21H,3-9H2,1-2H3. The molecule has 0 unspecified atom stereocenters. The predicted molar refractivity (Wildman–Crippen MR) is 129 cm³/mol. The summed E-state index contributed by atoms with van der Waals surface area (Å²) in [6.07, 6.45) is 10.0. The highest BCUT2D eigenvalue weighted by Gasteiger charge is 2.27. The van der Waals surface area contributed by atoms with Crippen LogP contribution in [0.4, 0.5) is 4.39 Å². The van der Waals surface area contributed by atoms with Gasteiger partial charge >= 0.3 is 5.69 Å². The normalized spacial score (nSPS) is 17.2. The van der Waals surface area contributed by atoms with Crippen molar-refractivity contribution < 1.29 is 4.39 Å². The van der Waals surface area contributed by atoms with Crippen LogP contribution in [0.2, 0.25) is 0 Å². The average Bonchev–Trinajstić information content (AvgIpc) is 3.50. The van der Waals surface area contributed by atoms with Gasteiger partial charge in [-0.05, 0) is 74.9 Å². The summed E-state index contributed by atoms with van der Waals surface area (Å²) in [4.78, 5) is 17.8. The van der Waals surface area contributed by atoms with Crippen LogP contribution in [0.1, 0.15) is 62.6 Å². The van der Waals surface area contributed by atoms with Gasteiger partial charge in [-0.3, -0.25) is 9.13 Å². The van der Waals surface area contributed by atoms with Gasteiger partial charge in [-0.15, -0.1) is 0 Å². The van der Waals surface area contributed by atoms with Crippen molar-refractivity contribution in [3.8, 4) is 22.5 Å². The first-order valence-corrected chi connectivity index (χ1v) is 12.1. The van der Waals surface area contributed by atoms with Crippen LogP contribution in [0.25, 0.3) is 33.5 Å². The second-order valence-corrected chi connectivity index (χ2v) is 9.75. The lowest BCUT2D eigenvalue weighted by Crippen LogP contribution is -2.29. The highest BCUT2D eigenvalue weighted by molar-refractivity contribution is 5.86. The zero-order valence-electron chi connectivity index (χ0n) is 19.2. The van der Waals surface area contributed by atoms with Gasteiger partial charge in [-0.1, -0.05) is 18.9 Å². The van der Waals surface area contributed by atoms with Gasteiger partial charge < -0.3 is 4.57 Å². The largest absolute Gasteiger partial charge is 0.329 e. The van der Waals surface area contributed by atoms with Crippen molar-refractivity contribution in [2.24, 2.45) is 7.05 Å². The lowest BCUT2D eigenvalue weighted by molar-refractivity contribution is 0.312. The van der Waals surface area contributed by atoms with Gasteiger partial charge in [-0.2, -0.15) is 0 Å². The van der Waals surface area contributed by atoms with Crippen molar-refractivity contribution in [1.29, 1.82) is 0 Å². The summed E-state index contributed by atoms with van der Waals surface area (Å²) < 4.78 is 20.0. The molecule has 4 aromatic rings. The first kappa shape index (κ1) is 20.5. The molecule has 33 heavy (non-hydrogen) atoms. The van der Waals surface area contributed by atoms with Crippen LogP contribution in [-0.2, 0) is 7.05 Å². The maximum absolute atomic E-state index is 14.0. The first-order valence-electron chi connectivity index (χ1n) is 12.1. The first-order chi connectivity index (χ1) is 16.0. The smallest absolute Gasteiger partial charge is 0.327 e. The lowest BCUT2D eigenvalue weighted by Gasteiger charge is -2.26. The van der Waals surface area contributed by atoms with Crippen molar-refractivity contribution in [3.05, 3.63) is 64.6 Å². The Kier molecular flexibility index (Phi) is 4.78. The third-order valence-corrected chi connectivity index (χ3v) is 7.75. The van der Waals surface area contributed by atoms with E-state index in [4.69, 9.17) is 4.98 Å². The molecule has 2 aliphatic rings. The number of rotatable bonds is 4. The molecule has 0 saturated heterocycles. The van der Waals surface area contributed by atoms with E-state index in [0.29, 0.717) is 17.6 Å². The topological polar surface area (TPSA) is 44.8 Å². The number of aromatic nitrogens is 4. The van der Waals surface area contributed by atoms with Crippen LogP contribution in [0.3, 0.4) is 0 Å². The molecule has 6 heteroatoms. The van der Waals surface area contributed by atoms with Crippen molar-refractivity contribution >= 4 is 11.0 Å². The Labute approximate surface area is 192 Å². The number of halogens is 1. The fourth-order valence-electron chi connectivity index (χ4n) is 5.62. The highest BCUT2D eigenvalue weighted by Crippen LogP contribution is 2.40. The van der Waals surface area contributed by atoms with Crippen molar-refractivity contribution in [2.45, 2.75) is 64.0 Å². The second kappa shape index (κ2) is 7.72. The molecule has 2 saturated carbocycles. The van der Waals surface area contributed by atoms with E-state index in [-0.39, 0.29) is 11.5 Å². The Balaban J connectivity index is 1.55. The zero-order chi connectivity index (χ0) is 22.7. The average molecular weight is 445 g/mol. The molecular weight excluding hydrogens is 415 g/mol. The van der Waals surface area contributed by atoms with Gasteiger partial charge in [-0.25, -0.2) is 14.2 Å². The van der Waals surface area contributed by atoms with Gasteiger partial charge in [0.15, 0.2) is 0 Å². The summed E-state index contributed by atoms with van der Waals surface area (Å²) in [7, 11) is 1.86. The molecule has 6 rings (SSSR count). The quantitative estimate of drug-likeness (QED) is 0.378. The third-order valence-electron chi connectivity index (χ3n) is 7.75. The molecule has 170 valence electrons. The van der Waals surface area contributed by atoms with Gasteiger partial charge in [0.2, 0.25) is 0 Å². The number of benzene rings is 2. The van der Waals surface area contributed by atoms with Gasteiger partial charge in [0, 0.05) is 30.3 Å². The highest BCUT2D eigenvalue weighted by atomic mass is 19.1. The molecule has 0 bridgehead atoms. The molecule has 5 nitrogen and oxygen atoms in total. The number of hydrogen-bond donors (Lipinski definition) is 0. The minimum absolute atomic E-state index is 0.0607. The Morgan fingerprint density at radius 1 is 0.909 bits per heavy atom. The number of nitrogens with zero attached hydrogens (tertiary/aromatic N) is 4. The van der Waals surface area contributed by atoms with E-state index in [1.807, 2.05) is 30.1 Å². The number of imidazole rings is 2. The van der Waals surface area contributed by atoms with E-state index in [1.54, 1.807) is 11.5 Å². The van der Waals surface area contributed by atoms with Gasteiger partial charge in [0.25, 0.3) is 0 Å². The maximum Gasteiger partial charge on any atom is 0.329 e. The lowest BCUT2D eigenvalue weighted by atomic mass is 9.93. The van der Waals surface area contributed by atoms with Crippen molar-refractivity contribution in [2.75, 3.05) is 0 Å². The maximum atomic E-state index is 14.0. The van der Waals surface area contributed by atoms with E-state index in [9.17, 15) is 9.18 Å². The molecule has 2 aromatic carbocycles. The molecule has 2 aliphatic carbocycles. The molecule has 0 spiro atoms. The fraction of sp³-hybridized carbons (Fsp3) is 0.407. The second-order valence-electron chi connectivity index (χ2n) is 9.75. The Bertz CT molecular complexity index is 1420. The van der Waals surface area contributed by atoms with Crippen molar-refractivity contribution in [3.63, 3.8) is 0 Å². The van der Waals surface area contributed by atoms with E-state index >= 15 is 0 Å². The van der Waals surface area contributed by atoms with Crippen LogP contribution in [0.15, 0.2) is 47.5 Å². The Morgan fingerprint density at radius 3 is 2.33 bits per heavy atom. The van der Waals surface area contributed by atoms with Crippen LogP contribution < -0.4 is 5.69 Å². The van der Waals surface area contributed by atoms with Crippen LogP contribution in [-0.4, -0.2) is 18.7 Å². The predicted octanol–water partition coefficient (Wildman–Crippen LogP) is 6.16. The summed E-state index contributed by atoms with van der Waals surface area (Å²) in [5, 5.41) is 0. The number of aryl methyl sites for hydroxylation is 2. The summed E-state index contributed by atoms with van der Waals surface area (Å²) in [5.74, 6) is -0.204. The SMILES string of the molecule is Cc1cc(-c2ncn(C3CCCC3)c2-c2ccc3c(c2)n(C)c(=O)n3C2CCC2)ccc1F. The number of hydrogen-bond acceptors (Lipinski definition) is 2. The summed E-state index contributed by atoms with van der Waals surface area (Å²) in [6, 6.07) is 12.3. The molecule has 2 aromatic heterocycles. The minimum atomic E-state index is -0.204. The summed E-state index contributed by atoms with van der Waals surface area (Å²) in [5.41, 5.74) is 6.51. The number of fused-ring (bicyclic) bond motifs is 1. The summed E-state index contributed by atoms with van der Waals surface area (Å²) in [6.45, 7) is 1.79. The molecule has 2 fully saturated rings. The third kappa shape index (κ3) is 3.18. The summed E-state index contributed by atoms with van der Waals surface area (Å²) >= 11 is 0. The molecule has 2 heterocycles.